The summed E-state index contributed by atoms with van der Waals surface area (Å²) in [7, 11) is -3.41. The van der Waals surface area contributed by atoms with Gasteiger partial charge in [0.05, 0.1) is 4.90 Å². The SMILES string of the molecule is CC(=O)[C@H]1C[C@@H]2CN(S(=O)(=O)c3ccc(C)cc3)C[C@@H]21. The zero-order chi connectivity index (χ0) is 14.5. The van der Waals surface area contributed by atoms with Gasteiger partial charge < -0.3 is 0 Å². The average Bonchev–Trinajstić information content (AvgIpc) is 2.68. The number of Topliss-reactive ketones (excluding diaryl/α,β-unsaturated/α-hetero) is 1. The van der Waals surface area contributed by atoms with E-state index in [2.05, 4.69) is 0 Å². The molecule has 1 saturated heterocycles. The maximum absolute atomic E-state index is 12.6. The molecule has 20 heavy (non-hydrogen) atoms. The van der Waals surface area contributed by atoms with Crippen molar-refractivity contribution in [2.24, 2.45) is 17.8 Å². The Morgan fingerprint density at radius 3 is 2.45 bits per heavy atom. The van der Waals surface area contributed by atoms with Crippen molar-refractivity contribution in [1.29, 1.82) is 0 Å². The first-order valence-electron chi connectivity index (χ1n) is 6.97. The highest BCUT2D eigenvalue weighted by Crippen LogP contribution is 2.47. The lowest BCUT2D eigenvalue weighted by atomic mass is 9.65. The van der Waals surface area contributed by atoms with Crippen molar-refractivity contribution in [2.45, 2.75) is 25.2 Å². The Kier molecular flexibility index (Phi) is 3.21. The van der Waals surface area contributed by atoms with E-state index >= 15 is 0 Å². The van der Waals surface area contributed by atoms with Gasteiger partial charge in [0.15, 0.2) is 0 Å². The molecule has 0 radical (unpaired) electrons. The number of fused-ring (bicyclic) bond motifs is 1. The number of rotatable bonds is 3. The van der Waals surface area contributed by atoms with E-state index in [4.69, 9.17) is 0 Å². The van der Waals surface area contributed by atoms with Crippen molar-refractivity contribution in [3.05, 3.63) is 29.8 Å². The number of sulfonamides is 1. The maximum Gasteiger partial charge on any atom is 0.243 e. The lowest BCUT2D eigenvalue weighted by molar-refractivity contribution is -0.127. The second-order valence-electron chi connectivity index (χ2n) is 6.01. The molecule has 1 aromatic carbocycles. The molecule has 1 aromatic rings. The van der Waals surface area contributed by atoms with E-state index in [-0.39, 0.29) is 17.6 Å². The Labute approximate surface area is 119 Å². The van der Waals surface area contributed by atoms with Gasteiger partial charge in [-0.2, -0.15) is 4.31 Å². The molecule has 0 bridgehead atoms. The highest BCUT2D eigenvalue weighted by molar-refractivity contribution is 7.89. The monoisotopic (exact) mass is 293 g/mol. The van der Waals surface area contributed by atoms with Crippen LogP contribution in [0.5, 0.6) is 0 Å². The van der Waals surface area contributed by atoms with Crippen LogP contribution < -0.4 is 0 Å². The van der Waals surface area contributed by atoms with Crippen molar-refractivity contribution < 1.29 is 13.2 Å². The molecular weight excluding hydrogens is 274 g/mol. The third-order valence-corrected chi connectivity index (χ3v) is 6.56. The zero-order valence-electron chi connectivity index (χ0n) is 11.7. The maximum atomic E-state index is 12.6. The molecule has 0 unspecified atom stereocenters. The van der Waals surface area contributed by atoms with Gasteiger partial charge >= 0.3 is 0 Å². The first kappa shape index (κ1) is 13.8. The molecule has 108 valence electrons. The van der Waals surface area contributed by atoms with Gasteiger partial charge in [0, 0.05) is 19.0 Å². The number of carbonyl (C=O) groups excluding carboxylic acids is 1. The van der Waals surface area contributed by atoms with Crippen LogP contribution in [0.1, 0.15) is 18.9 Å². The first-order chi connectivity index (χ1) is 9.39. The van der Waals surface area contributed by atoms with Crippen molar-refractivity contribution in [1.82, 2.24) is 4.31 Å². The van der Waals surface area contributed by atoms with Gasteiger partial charge in [0.1, 0.15) is 5.78 Å². The van der Waals surface area contributed by atoms with Crippen LogP contribution in [0.2, 0.25) is 0 Å². The fraction of sp³-hybridized carbons (Fsp3) is 0.533. The summed E-state index contributed by atoms with van der Waals surface area (Å²) in [5.74, 6) is 0.857. The van der Waals surface area contributed by atoms with E-state index in [9.17, 15) is 13.2 Å². The third-order valence-electron chi connectivity index (χ3n) is 4.71. The quantitative estimate of drug-likeness (QED) is 0.854. The minimum Gasteiger partial charge on any atom is -0.300 e. The molecular formula is C15H19NO3S. The molecule has 3 rings (SSSR count). The number of benzene rings is 1. The molecule has 0 amide bonds. The number of aryl methyl sites for hydroxylation is 1. The Balaban J connectivity index is 1.80. The van der Waals surface area contributed by atoms with Gasteiger partial charge in [-0.25, -0.2) is 8.42 Å². The third kappa shape index (κ3) is 2.09. The predicted molar refractivity (Wildman–Crippen MR) is 75.7 cm³/mol. The Morgan fingerprint density at radius 2 is 1.85 bits per heavy atom. The van der Waals surface area contributed by atoms with E-state index in [1.807, 2.05) is 19.1 Å². The predicted octanol–water partition coefficient (Wildman–Crippen LogP) is 1.84. The Bertz CT molecular complexity index is 636. The second kappa shape index (κ2) is 4.67. The zero-order valence-corrected chi connectivity index (χ0v) is 12.6. The average molecular weight is 293 g/mol. The van der Waals surface area contributed by atoms with Gasteiger partial charge in [0.25, 0.3) is 0 Å². The van der Waals surface area contributed by atoms with Crippen LogP contribution in [0, 0.1) is 24.7 Å². The summed E-state index contributed by atoms with van der Waals surface area (Å²) >= 11 is 0. The molecule has 1 aliphatic heterocycles. The molecule has 0 spiro atoms. The fourth-order valence-electron chi connectivity index (χ4n) is 3.39. The van der Waals surface area contributed by atoms with Gasteiger partial charge in [-0.3, -0.25) is 4.79 Å². The Morgan fingerprint density at radius 1 is 1.20 bits per heavy atom. The normalized spacial score (nSPS) is 29.8. The van der Waals surface area contributed by atoms with Crippen molar-refractivity contribution in [3.63, 3.8) is 0 Å². The molecule has 0 N–H and O–H groups in total. The molecule has 5 heteroatoms. The Hall–Kier alpha value is -1.20. The minimum absolute atomic E-state index is 0.0678. The number of carbonyl (C=O) groups is 1. The van der Waals surface area contributed by atoms with Gasteiger partial charge in [-0.1, -0.05) is 17.7 Å². The molecule has 4 nitrogen and oxygen atoms in total. The van der Waals surface area contributed by atoms with Gasteiger partial charge in [-0.15, -0.1) is 0 Å². The van der Waals surface area contributed by atoms with Crippen LogP contribution in [0.25, 0.3) is 0 Å². The van der Waals surface area contributed by atoms with E-state index in [1.54, 1.807) is 23.4 Å². The largest absolute Gasteiger partial charge is 0.300 e. The number of hydrogen-bond acceptors (Lipinski definition) is 3. The molecule has 1 aliphatic carbocycles. The van der Waals surface area contributed by atoms with Gasteiger partial charge in [0.2, 0.25) is 10.0 Å². The summed E-state index contributed by atoms with van der Waals surface area (Å²) in [5.41, 5.74) is 1.04. The van der Waals surface area contributed by atoms with Crippen LogP contribution in [0.3, 0.4) is 0 Å². The highest BCUT2D eigenvalue weighted by Gasteiger charge is 2.51. The standard InChI is InChI=1S/C15H19NO3S/c1-10-3-5-13(6-4-10)20(18,19)16-8-12-7-14(11(2)17)15(12)9-16/h3-6,12,14-15H,7-9H2,1-2H3/t12-,14-,15+/m1/s1. The van der Waals surface area contributed by atoms with Crippen LogP contribution in [-0.4, -0.2) is 31.6 Å². The molecule has 1 saturated carbocycles. The van der Waals surface area contributed by atoms with E-state index in [0.29, 0.717) is 23.9 Å². The van der Waals surface area contributed by atoms with Crippen LogP contribution in [0.15, 0.2) is 29.2 Å². The van der Waals surface area contributed by atoms with Crippen molar-refractivity contribution >= 4 is 15.8 Å². The molecule has 3 atom stereocenters. The summed E-state index contributed by atoms with van der Waals surface area (Å²) in [6.07, 6.45) is 0.847. The summed E-state index contributed by atoms with van der Waals surface area (Å²) in [6, 6.07) is 6.95. The minimum atomic E-state index is -3.41. The molecule has 0 aromatic heterocycles. The summed E-state index contributed by atoms with van der Waals surface area (Å²) in [5, 5.41) is 0. The molecule has 2 fully saturated rings. The summed E-state index contributed by atoms with van der Waals surface area (Å²) in [6.45, 7) is 4.59. The van der Waals surface area contributed by atoms with Crippen LogP contribution >= 0.6 is 0 Å². The summed E-state index contributed by atoms with van der Waals surface area (Å²) in [4.78, 5) is 11.8. The number of nitrogens with zero attached hydrogens (tertiary/aromatic N) is 1. The second-order valence-corrected chi connectivity index (χ2v) is 7.95. The van der Waals surface area contributed by atoms with Crippen molar-refractivity contribution in [2.75, 3.05) is 13.1 Å². The smallest absolute Gasteiger partial charge is 0.243 e. The molecule has 2 aliphatic rings. The van der Waals surface area contributed by atoms with Crippen LogP contribution in [-0.2, 0) is 14.8 Å². The van der Waals surface area contributed by atoms with Crippen LogP contribution in [0.4, 0.5) is 0 Å². The number of hydrogen-bond donors (Lipinski definition) is 0. The van der Waals surface area contributed by atoms with E-state index < -0.39 is 10.0 Å². The van der Waals surface area contributed by atoms with Gasteiger partial charge in [-0.05, 0) is 44.2 Å². The topological polar surface area (TPSA) is 54.5 Å². The van der Waals surface area contributed by atoms with E-state index in [1.165, 1.54) is 0 Å². The summed E-state index contributed by atoms with van der Waals surface area (Å²) < 4.78 is 26.7. The fourth-order valence-corrected chi connectivity index (χ4v) is 4.92. The first-order valence-corrected chi connectivity index (χ1v) is 8.41. The molecule has 1 heterocycles. The number of ketones is 1. The highest BCUT2D eigenvalue weighted by atomic mass is 32.2. The van der Waals surface area contributed by atoms with Crippen molar-refractivity contribution in [3.8, 4) is 0 Å². The lowest BCUT2D eigenvalue weighted by Gasteiger charge is -2.37. The lowest BCUT2D eigenvalue weighted by Crippen LogP contribution is -2.39. The van der Waals surface area contributed by atoms with E-state index in [0.717, 1.165) is 12.0 Å².